The number of amides is 1. The lowest BCUT2D eigenvalue weighted by Gasteiger charge is -2.23. The summed E-state index contributed by atoms with van der Waals surface area (Å²) in [5, 5.41) is 12.3. The molecule has 1 atom stereocenters. The third-order valence-electron chi connectivity index (χ3n) is 6.42. The first-order chi connectivity index (χ1) is 20.6. The Morgan fingerprint density at radius 2 is 1.86 bits per heavy atom. The molecule has 1 amide bonds. The summed E-state index contributed by atoms with van der Waals surface area (Å²) < 4.78 is 5.29. The fourth-order valence-corrected chi connectivity index (χ4v) is 5.49. The Labute approximate surface area is 257 Å². The summed E-state index contributed by atoms with van der Waals surface area (Å²) in [4.78, 5) is 31.5. The van der Waals surface area contributed by atoms with E-state index >= 15 is 0 Å². The number of aromatic nitrogens is 5. The van der Waals surface area contributed by atoms with Gasteiger partial charge in [-0.1, -0.05) is 48.2 Å². The maximum Gasteiger partial charge on any atom is 0.264 e. The molecule has 0 saturated heterocycles. The van der Waals surface area contributed by atoms with E-state index in [0.29, 0.717) is 32.2 Å². The third-order valence-corrected chi connectivity index (χ3v) is 7.26. The molecule has 0 radical (unpaired) electrons. The quantitative estimate of drug-likeness (QED) is 0.155. The zero-order chi connectivity index (χ0) is 31.3. The van der Waals surface area contributed by atoms with Gasteiger partial charge in [0.15, 0.2) is 11.6 Å². The number of aliphatic imine (C=N–C) groups is 1. The van der Waals surface area contributed by atoms with Crippen molar-refractivity contribution in [1.82, 2.24) is 29.4 Å². The van der Waals surface area contributed by atoms with Gasteiger partial charge in [-0.25, -0.2) is 9.67 Å². The van der Waals surface area contributed by atoms with Crippen LogP contribution in [0.3, 0.4) is 0 Å². The van der Waals surface area contributed by atoms with Crippen molar-refractivity contribution in [3.63, 3.8) is 0 Å². The molecule has 3 aromatic heterocycles. The molecule has 43 heavy (non-hydrogen) atoms. The Bertz CT molecular complexity index is 1960. The van der Waals surface area contributed by atoms with Crippen LogP contribution in [0.25, 0.3) is 16.5 Å². The van der Waals surface area contributed by atoms with E-state index in [1.54, 1.807) is 41.7 Å². The average molecular weight is 640 g/mol. The number of fused-ring (bicyclic) bond motifs is 1. The van der Waals surface area contributed by atoms with Gasteiger partial charge in [-0.2, -0.15) is 10.2 Å². The van der Waals surface area contributed by atoms with E-state index in [2.05, 4.69) is 61.6 Å². The van der Waals surface area contributed by atoms with Crippen LogP contribution < -0.4 is 16.6 Å². The second-order valence-corrected chi connectivity index (χ2v) is 10.3. The van der Waals surface area contributed by atoms with Crippen LogP contribution in [-0.4, -0.2) is 36.8 Å². The first-order valence-corrected chi connectivity index (χ1v) is 14.0. The number of hydrogen-bond acceptors (Lipinski definition) is 6. The summed E-state index contributed by atoms with van der Waals surface area (Å²) in [5.41, 5.74) is 8.34. The molecule has 218 valence electrons. The first kappa shape index (κ1) is 30.7. The highest BCUT2D eigenvalue weighted by atomic mass is 79.9. The van der Waals surface area contributed by atoms with Gasteiger partial charge >= 0.3 is 0 Å². The molecule has 0 aliphatic rings. The molecule has 10 nitrogen and oxygen atoms in total. The zero-order valence-corrected chi connectivity index (χ0v) is 25.9. The number of para-hydroxylation sites is 1. The molecule has 11 heteroatoms. The van der Waals surface area contributed by atoms with Crippen LogP contribution in [-0.2, 0) is 14.1 Å². The lowest BCUT2D eigenvalue weighted by atomic mass is 10.0. The Morgan fingerprint density at radius 1 is 1.16 bits per heavy atom. The molecule has 0 spiro atoms. The van der Waals surface area contributed by atoms with Crippen LogP contribution >= 0.6 is 15.9 Å². The van der Waals surface area contributed by atoms with Crippen molar-refractivity contribution in [2.45, 2.75) is 19.9 Å². The lowest BCUT2D eigenvalue weighted by Crippen LogP contribution is -2.33. The number of anilines is 1. The molecule has 5 rings (SSSR count). The summed E-state index contributed by atoms with van der Waals surface area (Å²) >= 11 is 3.75. The smallest absolute Gasteiger partial charge is 0.264 e. The van der Waals surface area contributed by atoms with E-state index in [-0.39, 0.29) is 22.8 Å². The van der Waals surface area contributed by atoms with E-state index in [1.165, 1.54) is 4.68 Å². The van der Waals surface area contributed by atoms with Crippen LogP contribution in [0.5, 0.6) is 0 Å². The van der Waals surface area contributed by atoms with Crippen LogP contribution in [0.1, 0.15) is 47.1 Å². The van der Waals surface area contributed by atoms with E-state index in [9.17, 15) is 9.59 Å². The molecule has 3 heterocycles. The van der Waals surface area contributed by atoms with E-state index in [1.807, 2.05) is 62.5 Å². The predicted octanol–water partition coefficient (Wildman–Crippen LogP) is 5.22. The number of nitrogens with two attached hydrogens (primary N) is 1. The second kappa shape index (κ2) is 13.2. The predicted molar refractivity (Wildman–Crippen MR) is 175 cm³/mol. The topological polar surface area (TPSA) is 125 Å². The van der Waals surface area contributed by atoms with Crippen LogP contribution in [0.15, 0.2) is 87.8 Å². The van der Waals surface area contributed by atoms with Crippen molar-refractivity contribution >= 4 is 51.0 Å². The van der Waals surface area contributed by atoms with Gasteiger partial charge in [-0.05, 0) is 54.7 Å². The number of aryl methyl sites for hydroxylation is 2. The summed E-state index contributed by atoms with van der Waals surface area (Å²) in [6.45, 7) is 10.6. The normalized spacial score (nSPS) is 11.1. The molecule has 0 aliphatic carbocycles. The van der Waals surface area contributed by atoms with Gasteiger partial charge in [-0.3, -0.25) is 18.8 Å². The molecule has 5 aromatic rings. The minimum Gasteiger partial charge on any atom is -0.381 e. The zero-order valence-electron chi connectivity index (χ0n) is 24.3. The second-order valence-electron chi connectivity index (χ2n) is 9.53. The van der Waals surface area contributed by atoms with Gasteiger partial charge < -0.3 is 11.1 Å². The standard InChI is InChI=1S/C29H25BrN8O2.C3H6/c1-17(34-28(39)23-26(31)35-37(4)27(23)32-2)25-24(30)21-12-8-9-19(14-13-18-15-33-36(3)16-18)22(21)29(40)38(25)20-10-6-5-7-11-20;1-3-2/h5-12,15-17H,2H2,1,3-4H3,(H2,31,35)(H,34,39);3H,1H2,2H3. The highest BCUT2D eigenvalue weighted by molar-refractivity contribution is 9.10. The molecular formula is C32H31BrN8O2. The van der Waals surface area contributed by atoms with Crippen molar-refractivity contribution in [1.29, 1.82) is 0 Å². The summed E-state index contributed by atoms with van der Waals surface area (Å²) in [6.07, 6.45) is 5.22. The Hall–Kier alpha value is -5.21. The van der Waals surface area contributed by atoms with Crippen LogP contribution in [0, 0.1) is 11.8 Å². The van der Waals surface area contributed by atoms with Crippen LogP contribution in [0.4, 0.5) is 11.6 Å². The number of nitrogens with one attached hydrogen (secondary N) is 1. The number of allylic oxidation sites excluding steroid dienone is 1. The largest absolute Gasteiger partial charge is 0.381 e. The number of pyridine rings is 1. The van der Waals surface area contributed by atoms with E-state index in [4.69, 9.17) is 5.73 Å². The highest BCUT2D eigenvalue weighted by Crippen LogP contribution is 2.33. The highest BCUT2D eigenvalue weighted by Gasteiger charge is 2.26. The van der Waals surface area contributed by atoms with Crippen molar-refractivity contribution in [2.75, 3.05) is 5.73 Å². The molecular weight excluding hydrogens is 608 g/mol. The number of halogens is 1. The Balaban J connectivity index is 0.00000135. The van der Waals surface area contributed by atoms with Gasteiger partial charge in [0, 0.05) is 41.4 Å². The number of carbonyl (C=O) groups excluding carboxylic acids is 1. The minimum atomic E-state index is -0.637. The number of carbonyl (C=O) groups is 1. The molecule has 0 saturated carbocycles. The van der Waals surface area contributed by atoms with Crippen molar-refractivity contribution in [3.8, 4) is 17.5 Å². The number of benzene rings is 2. The van der Waals surface area contributed by atoms with Crippen molar-refractivity contribution in [3.05, 3.63) is 111 Å². The molecule has 1 unspecified atom stereocenters. The summed E-state index contributed by atoms with van der Waals surface area (Å²) in [5.74, 6) is 6.02. The maximum absolute atomic E-state index is 14.2. The number of hydrogen-bond donors (Lipinski definition) is 2. The molecule has 0 fully saturated rings. The third kappa shape index (κ3) is 6.19. The van der Waals surface area contributed by atoms with Crippen LogP contribution in [0.2, 0.25) is 0 Å². The molecule has 2 aromatic carbocycles. The number of nitrogens with zero attached hydrogens (tertiary/aromatic N) is 6. The average Bonchev–Trinajstić information content (AvgIpc) is 3.54. The minimum absolute atomic E-state index is 0.0319. The fourth-order valence-electron chi connectivity index (χ4n) is 4.64. The van der Waals surface area contributed by atoms with Gasteiger partial charge in [0.25, 0.3) is 11.5 Å². The SMILES string of the molecule is C=CC.C=Nc1c(C(=O)NC(C)c2c(Br)c3cccc(C#Cc4cnn(C)c4)c3c(=O)n2-c2ccccc2)c(N)nn1C. The van der Waals surface area contributed by atoms with Crippen molar-refractivity contribution in [2.24, 2.45) is 19.1 Å². The summed E-state index contributed by atoms with van der Waals surface area (Å²) in [6, 6.07) is 14.1. The van der Waals surface area contributed by atoms with Crippen molar-refractivity contribution < 1.29 is 4.79 Å². The molecule has 0 aliphatic heterocycles. The molecule has 0 bridgehead atoms. The van der Waals surface area contributed by atoms with Gasteiger partial charge in [0.05, 0.1) is 28.9 Å². The Morgan fingerprint density at radius 3 is 2.49 bits per heavy atom. The fraction of sp³-hybridized carbons (Fsp3) is 0.156. The first-order valence-electron chi connectivity index (χ1n) is 13.2. The molecule has 3 N–H and O–H groups in total. The van der Waals surface area contributed by atoms with E-state index in [0.717, 1.165) is 5.56 Å². The summed E-state index contributed by atoms with van der Waals surface area (Å²) in [7, 11) is 3.44. The Kier molecular flexibility index (Phi) is 9.42. The van der Waals surface area contributed by atoms with Gasteiger partial charge in [-0.15, -0.1) is 6.58 Å². The monoisotopic (exact) mass is 638 g/mol. The van der Waals surface area contributed by atoms with Gasteiger partial charge in [0.2, 0.25) is 0 Å². The number of rotatable bonds is 5. The maximum atomic E-state index is 14.2. The lowest BCUT2D eigenvalue weighted by molar-refractivity contribution is 0.0940. The number of nitrogen functional groups attached to an aromatic ring is 1. The van der Waals surface area contributed by atoms with Gasteiger partial charge in [0.1, 0.15) is 5.56 Å². The van der Waals surface area contributed by atoms with E-state index < -0.39 is 11.9 Å².